The van der Waals surface area contributed by atoms with Crippen molar-refractivity contribution in [2.24, 2.45) is 0 Å². The molecule has 1 aromatic carbocycles. The summed E-state index contributed by atoms with van der Waals surface area (Å²) in [5.41, 5.74) is 1.89. The minimum Gasteiger partial charge on any atom is -0.361 e. The minimum absolute atomic E-state index is 0.268. The maximum atomic E-state index is 12.2. The quantitative estimate of drug-likeness (QED) is 0.562. The van der Waals surface area contributed by atoms with E-state index in [0.717, 1.165) is 5.69 Å². The van der Waals surface area contributed by atoms with Crippen molar-refractivity contribution in [3.63, 3.8) is 0 Å². The Morgan fingerprint density at radius 3 is 2.67 bits per heavy atom. The Morgan fingerprint density at radius 1 is 1.15 bits per heavy atom. The van der Waals surface area contributed by atoms with Crippen LogP contribution in [0.25, 0.3) is 5.82 Å². The van der Waals surface area contributed by atoms with Crippen LogP contribution < -0.4 is 10.6 Å². The van der Waals surface area contributed by atoms with Crippen LogP contribution in [0.15, 0.2) is 66.1 Å². The maximum absolute atomic E-state index is 12.2. The third-order valence-corrected chi connectivity index (χ3v) is 3.83. The van der Waals surface area contributed by atoms with Crippen molar-refractivity contribution in [2.45, 2.75) is 6.92 Å². The summed E-state index contributed by atoms with van der Waals surface area (Å²) in [4.78, 5) is 24.6. The van der Waals surface area contributed by atoms with E-state index in [9.17, 15) is 4.79 Å². The topological polar surface area (TPSA) is 111 Å². The average molecular weight is 361 g/mol. The fraction of sp³-hybridized carbons (Fsp3) is 0.0556. The van der Waals surface area contributed by atoms with Crippen LogP contribution in [-0.4, -0.2) is 30.6 Å². The molecule has 4 rings (SSSR count). The number of carbonyl (C=O) groups is 1. The number of anilines is 3. The average Bonchev–Trinajstić information content (AvgIpc) is 3.35. The van der Waals surface area contributed by atoms with Crippen molar-refractivity contribution in [3.05, 3.63) is 72.9 Å². The van der Waals surface area contributed by atoms with Crippen LogP contribution >= 0.6 is 0 Å². The number of benzene rings is 1. The zero-order valence-corrected chi connectivity index (χ0v) is 14.3. The largest absolute Gasteiger partial charge is 0.361 e. The first kappa shape index (κ1) is 16.5. The summed E-state index contributed by atoms with van der Waals surface area (Å²) in [6, 6.07) is 9.08. The lowest BCUT2D eigenvalue weighted by molar-refractivity contribution is 0.102. The normalized spacial score (nSPS) is 10.6. The van der Waals surface area contributed by atoms with E-state index in [1.165, 1.54) is 12.5 Å². The first-order valence-electron chi connectivity index (χ1n) is 8.09. The minimum atomic E-state index is -0.268. The van der Waals surface area contributed by atoms with Crippen LogP contribution in [0.5, 0.6) is 0 Å². The molecule has 9 heteroatoms. The Kier molecular flexibility index (Phi) is 4.32. The second kappa shape index (κ2) is 7.08. The van der Waals surface area contributed by atoms with Crippen molar-refractivity contribution in [1.82, 2.24) is 24.7 Å². The predicted octanol–water partition coefficient (Wildman–Crippen LogP) is 2.95. The molecule has 27 heavy (non-hydrogen) atoms. The molecule has 3 aromatic heterocycles. The van der Waals surface area contributed by atoms with Crippen LogP contribution in [-0.2, 0) is 0 Å². The molecule has 2 N–H and O–H groups in total. The number of amides is 1. The SMILES string of the molecule is Cc1oncc1C(=O)Nc1ccc(Nc2cc(-n3ccnc3)ncn2)cc1. The molecule has 0 radical (unpaired) electrons. The lowest BCUT2D eigenvalue weighted by Crippen LogP contribution is -2.12. The summed E-state index contributed by atoms with van der Waals surface area (Å²) in [6.07, 6.45) is 8.03. The van der Waals surface area contributed by atoms with Gasteiger partial charge in [0.2, 0.25) is 0 Å². The molecule has 0 atom stereocenters. The van der Waals surface area contributed by atoms with Crippen LogP contribution in [0.3, 0.4) is 0 Å². The van der Waals surface area contributed by atoms with Gasteiger partial charge in [0, 0.05) is 29.8 Å². The van der Waals surface area contributed by atoms with Gasteiger partial charge in [-0.05, 0) is 31.2 Å². The number of nitrogens with zero attached hydrogens (tertiary/aromatic N) is 5. The molecule has 1 amide bonds. The molecule has 3 heterocycles. The molecule has 4 aromatic rings. The van der Waals surface area contributed by atoms with E-state index < -0.39 is 0 Å². The summed E-state index contributed by atoms with van der Waals surface area (Å²) in [7, 11) is 0. The molecule has 0 unspecified atom stereocenters. The first-order chi connectivity index (χ1) is 13.2. The molecular weight excluding hydrogens is 346 g/mol. The van der Waals surface area contributed by atoms with E-state index in [2.05, 4.69) is 30.7 Å². The van der Waals surface area contributed by atoms with Gasteiger partial charge in [-0.25, -0.2) is 15.0 Å². The van der Waals surface area contributed by atoms with Gasteiger partial charge in [0.1, 0.15) is 35.6 Å². The van der Waals surface area contributed by atoms with E-state index in [1.807, 2.05) is 18.2 Å². The van der Waals surface area contributed by atoms with Gasteiger partial charge in [0.25, 0.3) is 5.91 Å². The fourth-order valence-electron chi connectivity index (χ4n) is 2.45. The molecular formula is C18H15N7O2. The van der Waals surface area contributed by atoms with Crippen LogP contribution in [0.2, 0.25) is 0 Å². The van der Waals surface area contributed by atoms with Gasteiger partial charge in [-0.2, -0.15) is 0 Å². The smallest absolute Gasteiger partial charge is 0.260 e. The van der Waals surface area contributed by atoms with E-state index in [1.54, 1.807) is 42.3 Å². The number of hydrogen-bond acceptors (Lipinski definition) is 7. The Hall–Kier alpha value is -4.01. The highest BCUT2D eigenvalue weighted by Crippen LogP contribution is 2.19. The van der Waals surface area contributed by atoms with Crippen molar-refractivity contribution in [1.29, 1.82) is 0 Å². The van der Waals surface area contributed by atoms with Gasteiger partial charge in [-0.3, -0.25) is 9.36 Å². The maximum Gasteiger partial charge on any atom is 0.260 e. The van der Waals surface area contributed by atoms with Gasteiger partial charge < -0.3 is 15.2 Å². The molecule has 0 aliphatic rings. The summed E-state index contributed by atoms with van der Waals surface area (Å²) >= 11 is 0. The molecule has 134 valence electrons. The molecule has 0 bridgehead atoms. The Labute approximate surface area is 154 Å². The van der Waals surface area contributed by atoms with Gasteiger partial charge in [0.15, 0.2) is 0 Å². The van der Waals surface area contributed by atoms with Crippen molar-refractivity contribution in [2.75, 3.05) is 10.6 Å². The van der Waals surface area contributed by atoms with Gasteiger partial charge in [-0.1, -0.05) is 5.16 Å². The fourth-order valence-corrected chi connectivity index (χ4v) is 2.45. The van der Waals surface area contributed by atoms with E-state index in [4.69, 9.17) is 4.52 Å². The monoisotopic (exact) mass is 361 g/mol. The lowest BCUT2D eigenvalue weighted by Gasteiger charge is -2.09. The Morgan fingerprint density at radius 2 is 1.96 bits per heavy atom. The first-order valence-corrected chi connectivity index (χ1v) is 8.09. The van der Waals surface area contributed by atoms with Gasteiger partial charge in [0.05, 0.1) is 6.20 Å². The summed E-state index contributed by atoms with van der Waals surface area (Å²) < 4.78 is 6.70. The third-order valence-electron chi connectivity index (χ3n) is 3.83. The molecule has 0 aliphatic heterocycles. The van der Waals surface area contributed by atoms with E-state index >= 15 is 0 Å². The Bertz CT molecular complexity index is 1060. The van der Waals surface area contributed by atoms with Crippen LogP contribution in [0.4, 0.5) is 17.2 Å². The van der Waals surface area contributed by atoms with Crippen LogP contribution in [0, 0.1) is 6.92 Å². The number of aryl methyl sites for hydroxylation is 1. The molecule has 0 spiro atoms. The van der Waals surface area contributed by atoms with Crippen molar-refractivity contribution < 1.29 is 9.32 Å². The summed E-state index contributed by atoms with van der Waals surface area (Å²) in [6.45, 7) is 1.69. The number of carbonyl (C=O) groups excluding carboxylic acids is 1. The molecule has 0 saturated heterocycles. The zero-order valence-electron chi connectivity index (χ0n) is 14.3. The second-order valence-electron chi connectivity index (χ2n) is 5.68. The van der Waals surface area contributed by atoms with Gasteiger partial charge >= 0.3 is 0 Å². The summed E-state index contributed by atoms with van der Waals surface area (Å²) in [5, 5.41) is 9.61. The molecule has 0 aliphatic carbocycles. The van der Waals surface area contributed by atoms with E-state index in [-0.39, 0.29) is 5.91 Å². The Balaban J connectivity index is 1.45. The third kappa shape index (κ3) is 3.66. The highest BCUT2D eigenvalue weighted by Gasteiger charge is 2.12. The van der Waals surface area contributed by atoms with Gasteiger partial charge in [-0.15, -0.1) is 0 Å². The number of rotatable bonds is 5. The highest BCUT2D eigenvalue weighted by molar-refractivity contribution is 6.04. The summed E-state index contributed by atoms with van der Waals surface area (Å²) in [5.74, 6) is 1.56. The predicted molar refractivity (Wildman–Crippen MR) is 98.1 cm³/mol. The number of aromatic nitrogens is 5. The zero-order chi connectivity index (χ0) is 18.6. The highest BCUT2D eigenvalue weighted by atomic mass is 16.5. The van der Waals surface area contributed by atoms with Crippen molar-refractivity contribution in [3.8, 4) is 5.82 Å². The van der Waals surface area contributed by atoms with E-state index in [0.29, 0.717) is 28.6 Å². The van der Waals surface area contributed by atoms with Crippen LogP contribution in [0.1, 0.15) is 16.1 Å². The second-order valence-corrected chi connectivity index (χ2v) is 5.68. The lowest BCUT2D eigenvalue weighted by atomic mass is 10.2. The van der Waals surface area contributed by atoms with Crippen molar-refractivity contribution >= 4 is 23.1 Å². The molecule has 9 nitrogen and oxygen atoms in total. The number of hydrogen-bond donors (Lipinski definition) is 2. The number of imidazole rings is 1. The number of nitrogens with one attached hydrogen (secondary N) is 2. The standard InChI is InChI=1S/C18H15N7O2/c1-12-15(9-22-27-12)18(26)24-14-4-2-13(3-5-14)23-16-8-17(21-10-20-16)25-7-6-19-11-25/h2-11H,1H3,(H,24,26)(H,20,21,23). The molecule has 0 fully saturated rings. The molecule has 0 saturated carbocycles.